The van der Waals surface area contributed by atoms with Gasteiger partial charge in [0.25, 0.3) is 5.56 Å². The Kier molecular flexibility index (Phi) is 7.23. The van der Waals surface area contributed by atoms with Crippen LogP contribution in [0.5, 0.6) is 0 Å². The predicted octanol–water partition coefficient (Wildman–Crippen LogP) is 0.0638. The number of hydrogen-bond acceptors (Lipinski definition) is 15. The average molecular weight is 668 g/mol. The number of imidazole rings is 2. The SMILES string of the molecule is C=C1[C@H]2OP(=O)(O)OC[C@H]3O[C@@H](n4cnc5c(N)ccnc54)[C@H](O)[C@@H]3OP(=O)(O)OC[C@H]1O[C@H]2n1cnc2c(=O)[nH]c(N)cc21. The lowest BCUT2D eigenvalue weighted by Gasteiger charge is -2.25. The van der Waals surface area contributed by atoms with Crippen LogP contribution in [0.3, 0.4) is 0 Å². The highest BCUT2D eigenvalue weighted by molar-refractivity contribution is 7.47. The van der Waals surface area contributed by atoms with Gasteiger partial charge < -0.3 is 45.4 Å². The maximum atomic E-state index is 13.3. The van der Waals surface area contributed by atoms with Gasteiger partial charge in [-0.05, 0) is 11.6 Å². The fraction of sp³-hybridized carbons (Fsp3) is 0.391. The van der Waals surface area contributed by atoms with Gasteiger partial charge >= 0.3 is 15.6 Å². The molecule has 8 N–H and O–H groups in total. The van der Waals surface area contributed by atoms with E-state index in [1.807, 2.05) is 0 Å². The number of rotatable bonds is 2. The molecule has 7 heterocycles. The number of pyridine rings is 2. The number of nitrogen functional groups attached to an aromatic ring is 2. The van der Waals surface area contributed by atoms with Gasteiger partial charge in [-0.15, -0.1) is 0 Å². The van der Waals surface area contributed by atoms with Gasteiger partial charge in [0, 0.05) is 12.3 Å². The van der Waals surface area contributed by atoms with Crippen molar-refractivity contribution in [2.75, 3.05) is 24.7 Å². The Labute approximate surface area is 251 Å². The first-order chi connectivity index (χ1) is 21.3. The van der Waals surface area contributed by atoms with Crippen LogP contribution in [-0.2, 0) is 36.7 Å². The number of anilines is 2. The van der Waals surface area contributed by atoms with E-state index in [9.17, 15) is 28.8 Å². The number of fused-ring (bicyclic) bond motifs is 5. The molecule has 0 aromatic carbocycles. The van der Waals surface area contributed by atoms with E-state index in [0.29, 0.717) is 11.2 Å². The minimum Gasteiger partial charge on any atom is -0.397 e. The number of H-pyrrole nitrogens is 1. The number of ether oxygens (including phenoxy) is 2. The van der Waals surface area contributed by atoms with Gasteiger partial charge in [0.05, 0.1) is 37.1 Å². The second-order valence-electron chi connectivity index (χ2n) is 10.4. The fourth-order valence-corrected chi connectivity index (χ4v) is 7.35. The van der Waals surface area contributed by atoms with Gasteiger partial charge in [-0.25, -0.2) is 24.1 Å². The number of hydrogen-bond donors (Lipinski definition) is 6. The van der Waals surface area contributed by atoms with Crippen LogP contribution in [0.2, 0.25) is 0 Å². The second-order valence-corrected chi connectivity index (χ2v) is 13.2. The summed E-state index contributed by atoms with van der Waals surface area (Å²) in [5, 5.41) is 11.2. The van der Waals surface area contributed by atoms with Gasteiger partial charge in [0.2, 0.25) is 0 Å². The minimum absolute atomic E-state index is 0.00893. The Hall–Kier alpha value is -3.52. The van der Waals surface area contributed by atoms with Crippen molar-refractivity contribution in [3.63, 3.8) is 0 Å². The van der Waals surface area contributed by atoms with E-state index in [-0.39, 0.29) is 28.1 Å². The van der Waals surface area contributed by atoms with Gasteiger partial charge in [-0.2, -0.15) is 0 Å². The van der Waals surface area contributed by atoms with Crippen LogP contribution < -0.4 is 17.0 Å². The van der Waals surface area contributed by atoms with Crippen molar-refractivity contribution in [2.24, 2.45) is 0 Å². The van der Waals surface area contributed by atoms with Crippen molar-refractivity contribution in [1.29, 1.82) is 0 Å². The highest BCUT2D eigenvalue weighted by Crippen LogP contribution is 2.54. The molecule has 4 aromatic heterocycles. The zero-order valence-electron chi connectivity index (χ0n) is 22.9. The summed E-state index contributed by atoms with van der Waals surface area (Å²) in [5.41, 5.74) is 12.2. The third-order valence-corrected chi connectivity index (χ3v) is 9.54. The summed E-state index contributed by atoms with van der Waals surface area (Å²) in [5.74, 6) is 0.00893. The van der Waals surface area contributed by atoms with Crippen molar-refractivity contribution in [3.8, 4) is 0 Å². The summed E-state index contributed by atoms with van der Waals surface area (Å²) in [6.45, 7) is 2.47. The molecule has 22 heteroatoms. The molecule has 0 spiro atoms. The summed E-state index contributed by atoms with van der Waals surface area (Å²) in [7, 11) is -9.96. The molecule has 9 atom stereocenters. The molecule has 0 saturated carbocycles. The molecule has 2 unspecified atom stereocenters. The number of nitrogens with one attached hydrogen (secondary N) is 1. The van der Waals surface area contributed by atoms with Gasteiger partial charge in [-0.1, -0.05) is 6.58 Å². The van der Waals surface area contributed by atoms with E-state index in [4.69, 9.17) is 39.0 Å². The van der Waals surface area contributed by atoms with Crippen LogP contribution >= 0.6 is 15.6 Å². The molecule has 4 aromatic rings. The van der Waals surface area contributed by atoms with Gasteiger partial charge in [0.15, 0.2) is 23.6 Å². The quantitative estimate of drug-likeness (QED) is 0.122. The number of nitrogens with two attached hydrogens (primary N) is 2. The summed E-state index contributed by atoms with van der Waals surface area (Å²) >= 11 is 0. The molecule has 20 nitrogen and oxygen atoms in total. The second kappa shape index (κ2) is 10.8. The molecule has 0 amide bonds. The molecule has 3 saturated heterocycles. The Morgan fingerprint density at radius 3 is 2.49 bits per heavy atom. The molecular formula is C23H26N8O12P2. The number of aromatic nitrogens is 6. The third-order valence-electron chi connectivity index (χ3n) is 7.58. The maximum Gasteiger partial charge on any atom is 0.473 e. The Morgan fingerprint density at radius 2 is 1.69 bits per heavy atom. The predicted molar refractivity (Wildman–Crippen MR) is 151 cm³/mol. The van der Waals surface area contributed by atoms with Crippen LogP contribution in [0.15, 0.2) is 47.9 Å². The summed E-state index contributed by atoms with van der Waals surface area (Å²) in [6, 6.07) is 2.92. The lowest BCUT2D eigenvalue weighted by molar-refractivity contribution is -0.0669. The van der Waals surface area contributed by atoms with Crippen molar-refractivity contribution >= 4 is 49.3 Å². The molecule has 3 aliphatic heterocycles. The van der Waals surface area contributed by atoms with Crippen molar-refractivity contribution < 1.29 is 51.6 Å². The zero-order valence-corrected chi connectivity index (χ0v) is 24.6. The lowest BCUT2D eigenvalue weighted by Crippen LogP contribution is -2.36. The molecular weight excluding hydrogens is 642 g/mol. The Bertz CT molecular complexity index is 1980. The molecule has 240 valence electrons. The van der Waals surface area contributed by atoms with E-state index in [1.165, 1.54) is 40.1 Å². The fourth-order valence-electron chi connectivity index (χ4n) is 5.48. The third kappa shape index (κ3) is 5.29. The molecule has 3 aliphatic rings. The molecule has 0 aliphatic carbocycles. The monoisotopic (exact) mass is 668 g/mol. The topological polar surface area (TPSA) is 284 Å². The standard InChI is InChI=1S/C23H26N8O12P2/c1-9-12-5-38-45(36,37)43-19-13(41-22(17(19)32)31-8-27-15-10(24)2-3-26-20(15)31)6-39-44(34,35)42-18(9)23(40-12)30-7-28-16-11(30)4-14(25)29-21(16)33/h2-4,7-8,12-13,17-19,22-23,32H,1,5-6H2,(H2,24,26)(H,34,35)(H,36,37)(H3,25,29,33)/t12-,13-,17-,18-,19-,22-,23-/m1/s1. The molecule has 2 bridgehead atoms. The Balaban J connectivity index is 1.21. The maximum absolute atomic E-state index is 13.3. The minimum atomic E-state index is -4.99. The van der Waals surface area contributed by atoms with E-state index >= 15 is 0 Å². The zero-order chi connectivity index (χ0) is 31.8. The van der Waals surface area contributed by atoms with Gasteiger partial charge in [0.1, 0.15) is 41.9 Å². The highest BCUT2D eigenvalue weighted by Gasteiger charge is 2.52. The van der Waals surface area contributed by atoms with Crippen LogP contribution in [0.4, 0.5) is 11.5 Å². The number of phosphoric acid groups is 2. The van der Waals surface area contributed by atoms with Crippen LogP contribution in [0.25, 0.3) is 22.2 Å². The number of aliphatic hydroxyl groups is 1. The van der Waals surface area contributed by atoms with Crippen molar-refractivity contribution in [1.82, 2.24) is 29.1 Å². The highest BCUT2D eigenvalue weighted by atomic mass is 31.2. The number of nitrogens with zero attached hydrogens (tertiary/aromatic N) is 5. The number of phosphoric ester groups is 2. The first kappa shape index (κ1) is 30.2. The molecule has 45 heavy (non-hydrogen) atoms. The first-order valence-corrected chi connectivity index (χ1v) is 16.2. The largest absolute Gasteiger partial charge is 0.473 e. The molecule has 3 fully saturated rings. The number of aromatic amines is 1. The normalized spacial score (nSPS) is 36.1. The Morgan fingerprint density at radius 1 is 0.978 bits per heavy atom. The first-order valence-electron chi connectivity index (χ1n) is 13.2. The van der Waals surface area contributed by atoms with E-state index < -0.39 is 77.4 Å². The summed E-state index contributed by atoms with van der Waals surface area (Å²) in [4.78, 5) is 48.6. The van der Waals surface area contributed by atoms with E-state index in [1.54, 1.807) is 0 Å². The lowest BCUT2D eigenvalue weighted by atomic mass is 10.1. The molecule has 7 rings (SSSR count). The smallest absolute Gasteiger partial charge is 0.397 e. The van der Waals surface area contributed by atoms with Crippen LogP contribution in [0.1, 0.15) is 12.5 Å². The van der Waals surface area contributed by atoms with E-state index in [2.05, 4.69) is 26.5 Å². The van der Waals surface area contributed by atoms with Crippen molar-refractivity contribution in [2.45, 2.75) is 43.0 Å². The van der Waals surface area contributed by atoms with Gasteiger partial charge in [-0.3, -0.25) is 27.5 Å². The molecule has 0 radical (unpaired) electrons. The number of aliphatic hydroxyl groups excluding tert-OH is 1. The summed E-state index contributed by atoms with van der Waals surface area (Å²) in [6.07, 6.45) is -5.92. The van der Waals surface area contributed by atoms with E-state index in [0.717, 1.165) is 0 Å². The van der Waals surface area contributed by atoms with Crippen molar-refractivity contribution in [3.05, 3.63) is 53.5 Å². The van der Waals surface area contributed by atoms with Crippen LogP contribution in [0, 0.1) is 0 Å². The summed E-state index contributed by atoms with van der Waals surface area (Å²) < 4.78 is 62.2. The van der Waals surface area contributed by atoms with Crippen LogP contribution in [-0.4, -0.2) is 87.7 Å². The average Bonchev–Trinajstić information content (AvgIpc) is 3.72.